The Kier molecular flexibility index (Phi) is 3.19. The van der Waals surface area contributed by atoms with Crippen LogP contribution in [0.15, 0.2) is 23.3 Å². The van der Waals surface area contributed by atoms with Crippen molar-refractivity contribution in [2.45, 2.75) is 19.7 Å². The molecule has 7 nitrogen and oxygen atoms in total. The van der Waals surface area contributed by atoms with Gasteiger partial charge >= 0.3 is 0 Å². The molecular weight excluding hydrogens is 292 g/mol. The number of aromatic nitrogens is 3. The molecule has 0 aliphatic carbocycles. The Labute approximate surface area is 124 Å². The van der Waals surface area contributed by atoms with E-state index in [1.807, 2.05) is 0 Å². The van der Waals surface area contributed by atoms with Crippen molar-refractivity contribution in [2.75, 3.05) is 0 Å². The van der Waals surface area contributed by atoms with E-state index in [1.54, 1.807) is 19.1 Å². The molecule has 0 bridgehead atoms. The zero-order valence-electron chi connectivity index (χ0n) is 11.1. The lowest BCUT2D eigenvalue weighted by Gasteiger charge is -2.11. The molecule has 3 rings (SSSR count). The van der Waals surface area contributed by atoms with Crippen LogP contribution in [0.2, 0.25) is 0 Å². The number of hydrogen-bond donors (Lipinski definition) is 3. The second kappa shape index (κ2) is 4.90. The molecule has 0 spiro atoms. The summed E-state index contributed by atoms with van der Waals surface area (Å²) in [7, 11) is 0. The SMILES string of the molecule is Cc1cc(Cc2cc(=S)nc[nH]2)c(=O)n2c1C(=O)NC2O. The highest BCUT2D eigenvalue weighted by Gasteiger charge is 2.30. The van der Waals surface area contributed by atoms with Crippen molar-refractivity contribution in [2.24, 2.45) is 0 Å². The summed E-state index contributed by atoms with van der Waals surface area (Å²) in [5.41, 5.74) is 1.62. The fourth-order valence-electron chi connectivity index (χ4n) is 2.45. The number of rotatable bonds is 2. The van der Waals surface area contributed by atoms with Gasteiger partial charge in [-0.15, -0.1) is 0 Å². The molecule has 1 unspecified atom stereocenters. The van der Waals surface area contributed by atoms with Crippen molar-refractivity contribution in [1.29, 1.82) is 0 Å². The van der Waals surface area contributed by atoms with Crippen LogP contribution in [0.3, 0.4) is 0 Å². The molecule has 3 heterocycles. The maximum absolute atomic E-state index is 12.4. The molecule has 1 amide bonds. The van der Waals surface area contributed by atoms with Crippen LogP contribution in [0.5, 0.6) is 0 Å². The highest BCUT2D eigenvalue weighted by atomic mass is 32.1. The normalized spacial score (nSPS) is 16.7. The van der Waals surface area contributed by atoms with E-state index in [-0.39, 0.29) is 5.69 Å². The predicted octanol–water partition coefficient (Wildman–Crippen LogP) is 0.392. The third kappa shape index (κ3) is 2.28. The first-order chi connectivity index (χ1) is 9.97. The minimum absolute atomic E-state index is 0.193. The zero-order valence-corrected chi connectivity index (χ0v) is 11.9. The molecule has 0 radical (unpaired) electrons. The van der Waals surface area contributed by atoms with Gasteiger partial charge in [-0.05, 0) is 24.6 Å². The maximum atomic E-state index is 12.4. The summed E-state index contributed by atoms with van der Waals surface area (Å²) >= 11 is 4.98. The third-order valence-corrected chi connectivity index (χ3v) is 3.56. The summed E-state index contributed by atoms with van der Waals surface area (Å²) in [5.74, 6) is -0.452. The molecule has 8 heteroatoms. The Morgan fingerprint density at radius 3 is 2.90 bits per heavy atom. The molecular formula is C13H12N4O3S. The van der Waals surface area contributed by atoms with E-state index in [4.69, 9.17) is 12.2 Å². The minimum Gasteiger partial charge on any atom is -0.356 e. The van der Waals surface area contributed by atoms with Gasteiger partial charge in [0.25, 0.3) is 11.5 Å². The largest absolute Gasteiger partial charge is 0.356 e. The quantitative estimate of drug-likeness (QED) is 0.697. The number of pyridine rings is 1. The predicted molar refractivity (Wildman–Crippen MR) is 76.4 cm³/mol. The number of H-pyrrole nitrogens is 1. The van der Waals surface area contributed by atoms with Gasteiger partial charge in [0.1, 0.15) is 10.3 Å². The van der Waals surface area contributed by atoms with Crippen molar-refractivity contribution >= 4 is 18.1 Å². The van der Waals surface area contributed by atoms with Crippen molar-refractivity contribution in [3.8, 4) is 0 Å². The van der Waals surface area contributed by atoms with Gasteiger partial charge in [0.15, 0.2) is 0 Å². The molecule has 0 saturated heterocycles. The van der Waals surface area contributed by atoms with Crippen molar-refractivity contribution in [1.82, 2.24) is 19.9 Å². The first kappa shape index (κ1) is 13.7. The number of amides is 1. The highest BCUT2D eigenvalue weighted by Crippen LogP contribution is 2.18. The van der Waals surface area contributed by atoms with Gasteiger partial charge in [-0.25, -0.2) is 4.98 Å². The van der Waals surface area contributed by atoms with Crippen LogP contribution in [0.1, 0.15) is 33.7 Å². The lowest BCUT2D eigenvalue weighted by atomic mass is 10.1. The lowest BCUT2D eigenvalue weighted by molar-refractivity contribution is 0.0687. The molecule has 21 heavy (non-hydrogen) atoms. The van der Waals surface area contributed by atoms with Crippen molar-refractivity contribution in [3.05, 3.63) is 56.0 Å². The van der Waals surface area contributed by atoms with Crippen LogP contribution in [-0.2, 0) is 6.42 Å². The van der Waals surface area contributed by atoms with E-state index in [1.165, 1.54) is 6.33 Å². The third-order valence-electron chi connectivity index (χ3n) is 3.34. The Hall–Kier alpha value is -2.32. The van der Waals surface area contributed by atoms with Crippen LogP contribution < -0.4 is 10.9 Å². The van der Waals surface area contributed by atoms with Crippen LogP contribution in [0.25, 0.3) is 0 Å². The fraction of sp³-hybridized carbons (Fsp3) is 0.231. The summed E-state index contributed by atoms with van der Waals surface area (Å²) in [6.07, 6.45) is 0.456. The van der Waals surface area contributed by atoms with Gasteiger partial charge < -0.3 is 15.4 Å². The van der Waals surface area contributed by atoms with E-state index < -0.39 is 17.8 Å². The monoisotopic (exact) mass is 304 g/mol. The second-order valence-corrected chi connectivity index (χ2v) is 5.23. The number of aryl methyl sites for hydroxylation is 1. The molecule has 1 atom stereocenters. The number of nitrogens with zero attached hydrogens (tertiary/aromatic N) is 2. The molecule has 0 fully saturated rings. The average molecular weight is 304 g/mol. The number of carbonyl (C=O) groups is 1. The molecule has 0 saturated carbocycles. The number of nitrogens with one attached hydrogen (secondary N) is 2. The first-order valence-corrected chi connectivity index (χ1v) is 6.66. The fourth-order valence-corrected chi connectivity index (χ4v) is 2.65. The van der Waals surface area contributed by atoms with Gasteiger partial charge in [0.2, 0.25) is 6.35 Å². The molecule has 1 aliphatic heterocycles. The number of fused-ring (bicyclic) bond motifs is 1. The van der Waals surface area contributed by atoms with E-state index in [2.05, 4.69) is 15.3 Å². The summed E-state index contributed by atoms with van der Waals surface area (Å²) in [4.78, 5) is 30.9. The number of hydrogen-bond acceptors (Lipinski definition) is 5. The highest BCUT2D eigenvalue weighted by molar-refractivity contribution is 7.71. The Morgan fingerprint density at radius 1 is 1.43 bits per heavy atom. The van der Waals surface area contributed by atoms with E-state index >= 15 is 0 Å². The van der Waals surface area contributed by atoms with Crippen LogP contribution in [-0.4, -0.2) is 25.5 Å². The van der Waals surface area contributed by atoms with Crippen LogP contribution in [0, 0.1) is 11.6 Å². The lowest BCUT2D eigenvalue weighted by Crippen LogP contribution is -2.29. The standard InChI is InChI=1S/C13H12N4O3S/c1-6-2-7(3-8-4-9(21)15-5-14-8)12(19)17-10(6)11(18)16-13(17)20/h2,4-5,13,20H,3H2,1H3,(H,16,18)(H,14,15,21). The smallest absolute Gasteiger partial charge is 0.271 e. The van der Waals surface area contributed by atoms with Gasteiger partial charge in [-0.1, -0.05) is 12.2 Å². The molecule has 108 valence electrons. The Bertz CT molecular complexity index is 855. The number of carbonyl (C=O) groups excluding carboxylic acids is 1. The number of aromatic amines is 1. The summed E-state index contributed by atoms with van der Waals surface area (Å²) < 4.78 is 1.50. The molecule has 2 aromatic heterocycles. The van der Waals surface area contributed by atoms with E-state index in [0.29, 0.717) is 22.2 Å². The van der Waals surface area contributed by atoms with Crippen LogP contribution in [0.4, 0.5) is 0 Å². The van der Waals surface area contributed by atoms with Gasteiger partial charge in [0, 0.05) is 17.7 Å². The molecule has 1 aliphatic rings. The topological polar surface area (TPSA) is 100 Å². The molecule has 0 aromatic carbocycles. The molecule has 3 N–H and O–H groups in total. The van der Waals surface area contributed by atoms with Gasteiger partial charge in [0.05, 0.1) is 6.33 Å². The summed E-state index contributed by atoms with van der Waals surface area (Å²) in [6, 6.07) is 3.32. The Morgan fingerprint density at radius 2 is 2.19 bits per heavy atom. The number of aliphatic hydroxyl groups is 1. The minimum atomic E-state index is -1.32. The van der Waals surface area contributed by atoms with Crippen molar-refractivity contribution < 1.29 is 9.90 Å². The van der Waals surface area contributed by atoms with Crippen molar-refractivity contribution in [3.63, 3.8) is 0 Å². The maximum Gasteiger partial charge on any atom is 0.271 e. The molecule has 2 aromatic rings. The average Bonchev–Trinajstić information content (AvgIpc) is 2.71. The van der Waals surface area contributed by atoms with E-state index in [9.17, 15) is 14.7 Å². The van der Waals surface area contributed by atoms with Gasteiger partial charge in [-0.2, -0.15) is 0 Å². The number of aliphatic hydroxyl groups excluding tert-OH is 1. The zero-order chi connectivity index (χ0) is 15.1. The first-order valence-electron chi connectivity index (χ1n) is 6.25. The Balaban J connectivity index is 2.12. The van der Waals surface area contributed by atoms with Gasteiger partial charge in [-0.3, -0.25) is 14.2 Å². The summed E-state index contributed by atoms with van der Waals surface area (Å²) in [5, 5.41) is 12.1. The summed E-state index contributed by atoms with van der Waals surface area (Å²) in [6.45, 7) is 1.72. The van der Waals surface area contributed by atoms with E-state index in [0.717, 1.165) is 10.3 Å². The second-order valence-electron chi connectivity index (χ2n) is 4.81. The van der Waals surface area contributed by atoms with Crippen LogP contribution >= 0.6 is 12.2 Å².